The van der Waals surface area contributed by atoms with E-state index in [0.717, 1.165) is 50.0 Å². The average molecular weight is 382 g/mol. The van der Waals surface area contributed by atoms with Crippen LogP contribution in [0.5, 0.6) is 5.75 Å². The molecule has 0 radical (unpaired) electrons. The number of benzene rings is 1. The van der Waals surface area contributed by atoms with E-state index in [-0.39, 0.29) is 17.6 Å². The van der Waals surface area contributed by atoms with E-state index in [4.69, 9.17) is 16.2 Å². The van der Waals surface area contributed by atoms with Gasteiger partial charge in [-0.1, -0.05) is 18.9 Å². The average Bonchev–Trinajstić information content (AvgIpc) is 2.70. The van der Waals surface area contributed by atoms with E-state index in [1.807, 2.05) is 18.2 Å². The zero-order valence-corrected chi connectivity index (χ0v) is 15.8. The molecular formula is C20H26N6O2. The Morgan fingerprint density at radius 1 is 1.21 bits per heavy atom. The van der Waals surface area contributed by atoms with Gasteiger partial charge in [0.05, 0.1) is 6.61 Å². The molecule has 8 nitrogen and oxygen atoms in total. The van der Waals surface area contributed by atoms with Gasteiger partial charge < -0.3 is 26.8 Å². The molecule has 1 aromatic carbocycles. The number of nitrogens with two attached hydrogens (primary N) is 2. The molecule has 0 unspecified atom stereocenters. The van der Waals surface area contributed by atoms with Gasteiger partial charge in [-0.2, -0.15) is 4.98 Å². The van der Waals surface area contributed by atoms with E-state index < -0.39 is 5.91 Å². The SMILES string of the molecule is NC(=O)c1cnc(N[C@@H]2CCCC[C@@H]2N)nc1Nc1ccc2c(c1)OCCC2. The molecule has 2 aromatic rings. The van der Waals surface area contributed by atoms with Crippen LogP contribution in [0.2, 0.25) is 0 Å². The number of carbonyl (C=O) groups is 1. The van der Waals surface area contributed by atoms with Crippen LogP contribution >= 0.6 is 0 Å². The first-order chi connectivity index (χ1) is 13.6. The van der Waals surface area contributed by atoms with Crippen molar-refractivity contribution in [3.8, 4) is 5.75 Å². The number of rotatable bonds is 5. The van der Waals surface area contributed by atoms with Gasteiger partial charge in [-0.3, -0.25) is 4.79 Å². The summed E-state index contributed by atoms with van der Waals surface area (Å²) in [6.07, 6.45) is 7.72. The summed E-state index contributed by atoms with van der Waals surface area (Å²) in [6.45, 7) is 0.714. The molecule has 4 rings (SSSR count). The molecule has 0 spiro atoms. The first-order valence-electron chi connectivity index (χ1n) is 9.82. The number of aryl methyl sites for hydroxylation is 1. The number of fused-ring (bicyclic) bond motifs is 1. The Labute approximate surface area is 164 Å². The number of ether oxygens (including phenoxy) is 1. The van der Waals surface area contributed by atoms with Crippen LogP contribution < -0.4 is 26.8 Å². The van der Waals surface area contributed by atoms with Gasteiger partial charge in [0.15, 0.2) is 0 Å². The van der Waals surface area contributed by atoms with E-state index in [2.05, 4.69) is 20.6 Å². The number of hydrogen-bond donors (Lipinski definition) is 4. The molecule has 2 heterocycles. The number of hydrogen-bond acceptors (Lipinski definition) is 7. The lowest BCUT2D eigenvalue weighted by atomic mass is 9.91. The summed E-state index contributed by atoms with van der Waals surface area (Å²) >= 11 is 0. The first kappa shape index (κ1) is 18.5. The van der Waals surface area contributed by atoms with Crippen molar-refractivity contribution < 1.29 is 9.53 Å². The Bertz CT molecular complexity index is 872. The van der Waals surface area contributed by atoms with Crippen LogP contribution in [0.3, 0.4) is 0 Å². The summed E-state index contributed by atoms with van der Waals surface area (Å²) in [5.74, 6) is 1.07. The lowest BCUT2D eigenvalue weighted by Crippen LogP contribution is -2.43. The Kier molecular flexibility index (Phi) is 5.29. The molecular weight excluding hydrogens is 356 g/mol. The van der Waals surface area contributed by atoms with Crippen molar-refractivity contribution in [3.05, 3.63) is 35.5 Å². The molecule has 1 aliphatic heterocycles. The summed E-state index contributed by atoms with van der Waals surface area (Å²) in [6, 6.07) is 6.10. The maximum atomic E-state index is 11.8. The normalized spacial score (nSPS) is 21.3. The molecule has 8 heteroatoms. The van der Waals surface area contributed by atoms with E-state index in [9.17, 15) is 4.79 Å². The van der Waals surface area contributed by atoms with Gasteiger partial charge in [-0.25, -0.2) is 4.98 Å². The summed E-state index contributed by atoms with van der Waals surface area (Å²) in [5, 5.41) is 6.50. The molecule has 1 saturated carbocycles. The quantitative estimate of drug-likeness (QED) is 0.625. The van der Waals surface area contributed by atoms with E-state index in [1.165, 1.54) is 11.8 Å². The van der Waals surface area contributed by atoms with Crippen LogP contribution in [0.15, 0.2) is 24.4 Å². The second-order valence-corrected chi connectivity index (χ2v) is 7.42. The zero-order valence-electron chi connectivity index (χ0n) is 15.8. The third kappa shape index (κ3) is 4.01. The lowest BCUT2D eigenvalue weighted by Gasteiger charge is -2.29. The minimum Gasteiger partial charge on any atom is -0.493 e. The van der Waals surface area contributed by atoms with Gasteiger partial charge >= 0.3 is 0 Å². The van der Waals surface area contributed by atoms with Crippen molar-refractivity contribution in [3.63, 3.8) is 0 Å². The van der Waals surface area contributed by atoms with Gasteiger partial charge in [0, 0.05) is 30.0 Å². The third-order valence-corrected chi connectivity index (χ3v) is 5.37. The highest BCUT2D eigenvalue weighted by Gasteiger charge is 2.23. The fourth-order valence-corrected chi connectivity index (χ4v) is 3.79. The van der Waals surface area contributed by atoms with E-state index in [1.54, 1.807) is 0 Å². The number of nitrogens with one attached hydrogen (secondary N) is 2. The largest absolute Gasteiger partial charge is 0.493 e. The van der Waals surface area contributed by atoms with Gasteiger partial charge in [-0.05, 0) is 37.3 Å². The van der Waals surface area contributed by atoms with Crippen molar-refractivity contribution in [1.82, 2.24) is 9.97 Å². The molecule has 28 heavy (non-hydrogen) atoms. The molecule has 1 aromatic heterocycles. The van der Waals surface area contributed by atoms with Crippen molar-refractivity contribution in [1.29, 1.82) is 0 Å². The number of carbonyl (C=O) groups excluding carboxylic acids is 1. The van der Waals surface area contributed by atoms with Crippen LogP contribution in [0.1, 0.15) is 48.0 Å². The first-order valence-corrected chi connectivity index (χ1v) is 9.82. The molecule has 0 saturated heterocycles. The third-order valence-electron chi connectivity index (χ3n) is 5.37. The number of aromatic nitrogens is 2. The van der Waals surface area contributed by atoms with Crippen molar-refractivity contribution in [2.24, 2.45) is 11.5 Å². The molecule has 1 aliphatic carbocycles. The molecule has 1 amide bonds. The van der Waals surface area contributed by atoms with Gasteiger partial charge in [-0.15, -0.1) is 0 Å². The molecule has 2 atom stereocenters. The smallest absolute Gasteiger partial charge is 0.254 e. The summed E-state index contributed by atoms with van der Waals surface area (Å²) in [4.78, 5) is 20.6. The van der Waals surface area contributed by atoms with Gasteiger partial charge in [0.1, 0.15) is 17.1 Å². The summed E-state index contributed by atoms with van der Waals surface area (Å²) in [7, 11) is 0. The Balaban J connectivity index is 1.58. The number of nitrogens with zero attached hydrogens (tertiary/aromatic N) is 2. The Morgan fingerprint density at radius 2 is 2.07 bits per heavy atom. The maximum Gasteiger partial charge on any atom is 0.254 e. The number of anilines is 3. The molecule has 148 valence electrons. The second-order valence-electron chi connectivity index (χ2n) is 7.42. The second kappa shape index (κ2) is 8.02. The van der Waals surface area contributed by atoms with Crippen molar-refractivity contribution in [2.75, 3.05) is 17.2 Å². The van der Waals surface area contributed by atoms with Crippen LogP contribution in [-0.2, 0) is 6.42 Å². The van der Waals surface area contributed by atoms with Crippen molar-refractivity contribution >= 4 is 23.4 Å². The number of amides is 1. The fraction of sp³-hybridized carbons (Fsp3) is 0.450. The molecule has 0 bridgehead atoms. The van der Waals surface area contributed by atoms with Crippen LogP contribution in [0.25, 0.3) is 0 Å². The minimum atomic E-state index is -0.586. The molecule has 6 N–H and O–H groups in total. The minimum absolute atomic E-state index is 0.0716. The molecule has 2 aliphatic rings. The van der Waals surface area contributed by atoms with Crippen LogP contribution in [0, 0.1) is 0 Å². The van der Waals surface area contributed by atoms with Crippen molar-refractivity contribution in [2.45, 2.75) is 50.6 Å². The number of primary amides is 1. The highest BCUT2D eigenvalue weighted by atomic mass is 16.5. The fourth-order valence-electron chi connectivity index (χ4n) is 3.79. The Morgan fingerprint density at radius 3 is 2.89 bits per heavy atom. The lowest BCUT2D eigenvalue weighted by molar-refractivity contribution is 0.100. The standard InChI is InChI=1S/C20H26N6O2/c21-15-5-1-2-6-16(15)25-20-23-11-14(18(22)27)19(26-20)24-13-8-7-12-4-3-9-28-17(12)10-13/h7-8,10-11,15-16H,1-6,9,21H2,(H2,22,27)(H2,23,24,25,26)/t15-,16+/m0/s1. The Hall–Kier alpha value is -2.87. The highest BCUT2D eigenvalue weighted by Crippen LogP contribution is 2.30. The topological polar surface area (TPSA) is 128 Å². The zero-order chi connectivity index (χ0) is 19.5. The van der Waals surface area contributed by atoms with Gasteiger partial charge in [0.2, 0.25) is 5.95 Å². The summed E-state index contributed by atoms with van der Waals surface area (Å²) in [5.41, 5.74) is 13.9. The van der Waals surface area contributed by atoms with Gasteiger partial charge in [0.25, 0.3) is 5.91 Å². The molecule has 1 fully saturated rings. The van der Waals surface area contributed by atoms with Crippen LogP contribution in [-0.4, -0.2) is 34.6 Å². The van der Waals surface area contributed by atoms with E-state index in [0.29, 0.717) is 18.4 Å². The monoisotopic (exact) mass is 382 g/mol. The predicted molar refractivity (Wildman–Crippen MR) is 108 cm³/mol. The summed E-state index contributed by atoms with van der Waals surface area (Å²) < 4.78 is 5.72. The van der Waals surface area contributed by atoms with Crippen LogP contribution in [0.4, 0.5) is 17.5 Å². The highest BCUT2D eigenvalue weighted by molar-refractivity contribution is 5.98. The van der Waals surface area contributed by atoms with E-state index >= 15 is 0 Å². The predicted octanol–water partition coefficient (Wildman–Crippen LogP) is 2.33. The maximum absolute atomic E-state index is 11.8.